The van der Waals surface area contributed by atoms with Crippen LogP contribution in [0.4, 0.5) is 10.1 Å². The van der Waals surface area contributed by atoms with Gasteiger partial charge in [-0.3, -0.25) is 0 Å². The third-order valence-corrected chi connectivity index (χ3v) is 2.89. The lowest BCUT2D eigenvalue weighted by Crippen LogP contribution is -2.26. The average Bonchev–Trinajstić information content (AvgIpc) is 2.35. The molecule has 0 radical (unpaired) electrons. The summed E-state index contributed by atoms with van der Waals surface area (Å²) in [6.07, 6.45) is 0. The van der Waals surface area contributed by atoms with E-state index in [1.54, 1.807) is 0 Å². The maximum absolute atomic E-state index is 13.2. The number of nitrogens with zero attached hydrogens (tertiary/aromatic N) is 2. The first kappa shape index (κ1) is 13.7. The van der Waals surface area contributed by atoms with E-state index >= 15 is 0 Å². The molecule has 0 atom stereocenters. The van der Waals surface area contributed by atoms with Crippen LogP contribution in [0.5, 0.6) is 0 Å². The molecule has 0 aliphatic carbocycles. The number of fused-ring (bicyclic) bond motifs is 1. The van der Waals surface area contributed by atoms with Gasteiger partial charge in [0.25, 0.3) is 0 Å². The Morgan fingerprint density at radius 1 is 1.32 bits per heavy atom. The molecule has 102 valence electrons. The number of hydrogen-bond donors (Lipinski definition) is 2. The molecule has 0 saturated carbocycles. The van der Waals surface area contributed by atoms with Crippen LogP contribution >= 0.6 is 0 Å². The smallest absolute Gasteiger partial charge is 0.126 e. The first-order valence-electron chi connectivity index (χ1n) is 6.26. The highest BCUT2D eigenvalue weighted by atomic mass is 19.1. The molecule has 0 saturated heterocycles. The first-order chi connectivity index (χ1) is 9.06. The summed E-state index contributed by atoms with van der Waals surface area (Å²) in [7, 11) is 4.07. The highest BCUT2D eigenvalue weighted by Crippen LogP contribution is 2.21. The largest absolute Gasteiger partial charge is 0.397 e. The molecule has 1 heterocycles. The Morgan fingerprint density at radius 2 is 2.11 bits per heavy atom. The topological polar surface area (TPSA) is 54.2 Å². The highest BCUT2D eigenvalue weighted by Gasteiger charge is 2.04. The maximum atomic E-state index is 13.2. The molecule has 0 spiro atoms. The van der Waals surface area contributed by atoms with Gasteiger partial charge in [-0.1, -0.05) is 6.07 Å². The van der Waals surface area contributed by atoms with Crippen LogP contribution in [0.2, 0.25) is 0 Å². The minimum atomic E-state index is -0.330. The summed E-state index contributed by atoms with van der Waals surface area (Å²) in [5.41, 5.74) is 7.74. The quantitative estimate of drug-likeness (QED) is 0.635. The van der Waals surface area contributed by atoms with Crippen molar-refractivity contribution in [3.8, 4) is 0 Å². The number of likely N-dealkylation sites (N-methyl/N-ethyl adjacent to an activating group) is 1. The van der Waals surface area contributed by atoms with Crippen molar-refractivity contribution in [2.24, 2.45) is 0 Å². The SMILES string of the molecule is CN(C)CCNCc1ccc2cc(F)cc(N)c2n1. The lowest BCUT2D eigenvalue weighted by atomic mass is 10.1. The summed E-state index contributed by atoms with van der Waals surface area (Å²) in [6, 6.07) is 6.50. The Balaban J connectivity index is 2.09. The number of pyridine rings is 1. The molecule has 1 aromatic heterocycles. The van der Waals surface area contributed by atoms with E-state index in [4.69, 9.17) is 5.73 Å². The summed E-state index contributed by atoms with van der Waals surface area (Å²) in [4.78, 5) is 6.58. The van der Waals surface area contributed by atoms with Crippen molar-refractivity contribution in [1.82, 2.24) is 15.2 Å². The van der Waals surface area contributed by atoms with Crippen molar-refractivity contribution in [2.75, 3.05) is 32.9 Å². The molecule has 0 aliphatic heterocycles. The van der Waals surface area contributed by atoms with Gasteiger partial charge >= 0.3 is 0 Å². The van der Waals surface area contributed by atoms with Gasteiger partial charge in [-0.15, -0.1) is 0 Å². The molecule has 1 aromatic carbocycles. The van der Waals surface area contributed by atoms with Crippen LogP contribution in [-0.4, -0.2) is 37.1 Å². The van der Waals surface area contributed by atoms with Crippen LogP contribution in [0.25, 0.3) is 10.9 Å². The molecular formula is C14H19FN4. The number of hydrogen-bond acceptors (Lipinski definition) is 4. The van der Waals surface area contributed by atoms with Gasteiger partial charge in [-0.2, -0.15) is 0 Å². The fourth-order valence-electron chi connectivity index (χ4n) is 1.88. The van der Waals surface area contributed by atoms with Gasteiger partial charge < -0.3 is 16.0 Å². The summed E-state index contributed by atoms with van der Waals surface area (Å²) < 4.78 is 13.2. The van der Waals surface area contributed by atoms with Crippen LogP contribution < -0.4 is 11.1 Å². The molecule has 0 fully saturated rings. The van der Waals surface area contributed by atoms with E-state index in [2.05, 4.69) is 15.2 Å². The second-order valence-electron chi connectivity index (χ2n) is 4.85. The van der Waals surface area contributed by atoms with Gasteiger partial charge in [0.15, 0.2) is 0 Å². The van der Waals surface area contributed by atoms with Gasteiger partial charge in [0.05, 0.1) is 16.9 Å². The summed E-state index contributed by atoms with van der Waals surface area (Å²) >= 11 is 0. The molecular weight excluding hydrogens is 243 g/mol. The minimum Gasteiger partial charge on any atom is -0.397 e. The zero-order chi connectivity index (χ0) is 13.8. The Kier molecular flexibility index (Phi) is 4.29. The van der Waals surface area contributed by atoms with Crippen molar-refractivity contribution in [2.45, 2.75) is 6.54 Å². The van der Waals surface area contributed by atoms with Crippen molar-refractivity contribution >= 4 is 16.6 Å². The maximum Gasteiger partial charge on any atom is 0.126 e. The molecule has 0 amide bonds. The molecule has 3 N–H and O–H groups in total. The molecule has 4 nitrogen and oxygen atoms in total. The highest BCUT2D eigenvalue weighted by molar-refractivity contribution is 5.89. The van der Waals surface area contributed by atoms with E-state index in [0.29, 0.717) is 17.7 Å². The molecule has 5 heteroatoms. The monoisotopic (exact) mass is 262 g/mol. The van der Waals surface area contributed by atoms with Gasteiger partial charge in [0.2, 0.25) is 0 Å². The van der Waals surface area contributed by atoms with Crippen molar-refractivity contribution < 1.29 is 4.39 Å². The van der Waals surface area contributed by atoms with Gasteiger partial charge in [-0.05, 0) is 32.3 Å². The van der Waals surface area contributed by atoms with E-state index in [9.17, 15) is 4.39 Å². The first-order valence-corrected chi connectivity index (χ1v) is 6.26. The van der Waals surface area contributed by atoms with E-state index in [-0.39, 0.29) is 5.82 Å². The summed E-state index contributed by atoms with van der Waals surface area (Å²) in [5, 5.41) is 4.04. The lowest BCUT2D eigenvalue weighted by molar-refractivity contribution is 0.399. The minimum absolute atomic E-state index is 0.330. The van der Waals surface area contributed by atoms with Crippen LogP contribution in [0.3, 0.4) is 0 Å². The number of nitrogens with two attached hydrogens (primary N) is 1. The second kappa shape index (κ2) is 5.95. The normalized spacial score (nSPS) is 11.4. The van der Waals surface area contributed by atoms with Crippen LogP contribution in [-0.2, 0) is 6.54 Å². The second-order valence-corrected chi connectivity index (χ2v) is 4.85. The van der Waals surface area contributed by atoms with Crippen molar-refractivity contribution in [1.29, 1.82) is 0 Å². The van der Waals surface area contributed by atoms with E-state index in [1.165, 1.54) is 12.1 Å². The number of nitrogen functional groups attached to an aromatic ring is 1. The van der Waals surface area contributed by atoms with Crippen LogP contribution in [0, 0.1) is 5.82 Å². The molecule has 19 heavy (non-hydrogen) atoms. The zero-order valence-electron chi connectivity index (χ0n) is 11.3. The van der Waals surface area contributed by atoms with Gasteiger partial charge in [0, 0.05) is 25.0 Å². The third-order valence-electron chi connectivity index (χ3n) is 2.89. The predicted octanol–water partition coefficient (Wildman–Crippen LogP) is 1.61. The van der Waals surface area contributed by atoms with Crippen LogP contribution in [0.1, 0.15) is 5.69 Å². The molecule has 2 aromatic rings. The van der Waals surface area contributed by atoms with Crippen LogP contribution in [0.15, 0.2) is 24.3 Å². The Labute approximate surface area is 112 Å². The Bertz CT molecular complexity index is 569. The average molecular weight is 262 g/mol. The molecule has 0 bridgehead atoms. The number of anilines is 1. The van der Waals surface area contributed by atoms with Crippen molar-refractivity contribution in [3.63, 3.8) is 0 Å². The number of benzene rings is 1. The number of rotatable bonds is 5. The Hall–Kier alpha value is -1.72. The summed E-state index contributed by atoms with van der Waals surface area (Å²) in [6.45, 7) is 2.55. The summed E-state index contributed by atoms with van der Waals surface area (Å²) in [5.74, 6) is -0.330. The third kappa shape index (κ3) is 3.62. The Morgan fingerprint density at radius 3 is 2.84 bits per heavy atom. The molecule has 0 aliphatic rings. The fourth-order valence-corrected chi connectivity index (χ4v) is 1.88. The lowest BCUT2D eigenvalue weighted by Gasteiger charge is -2.10. The van der Waals surface area contributed by atoms with Crippen molar-refractivity contribution in [3.05, 3.63) is 35.8 Å². The standard InChI is InChI=1S/C14H19FN4/c1-19(2)6-5-17-9-12-4-3-10-7-11(15)8-13(16)14(10)18-12/h3-4,7-8,17H,5-6,9,16H2,1-2H3. The number of halogens is 1. The molecule has 0 unspecified atom stereocenters. The number of nitrogens with one attached hydrogen (secondary N) is 1. The van der Waals surface area contributed by atoms with E-state index < -0.39 is 0 Å². The van der Waals surface area contributed by atoms with Gasteiger partial charge in [-0.25, -0.2) is 9.37 Å². The van der Waals surface area contributed by atoms with E-state index in [1.807, 2.05) is 26.2 Å². The zero-order valence-corrected chi connectivity index (χ0v) is 11.3. The van der Waals surface area contributed by atoms with E-state index in [0.717, 1.165) is 24.2 Å². The number of aromatic nitrogens is 1. The predicted molar refractivity (Wildman–Crippen MR) is 76.4 cm³/mol. The van der Waals surface area contributed by atoms with Gasteiger partial charge in [0.1, 0.15) is 5.82 Å². The molecule has 2 rings (SSSR count). The fraction of sp³-hybridized carbons (Fsp3) is 0.357.